The summed E-state index contributed by atoms with van der Waals surface area (Å²) in [4.78, 5) is 13.0. The van der Waals surface area contributed by atoms with Crippen LogP contribution in [0.1, 0.15) is 37.1 Å². The number of nitrogens with zero attached hydrogens (tertiary/aromatic N) is 4. The van der Waals surface area contributed by atoms with E-state index < -0.39 is 0 Å². The molecular formula is C18H22N6. The normalized spacial score (nSPS) is 13.0. The maximum atomic E-state index is 4.51. The van der Waals surface area contributed by atoms with Gasteiger partial charge >= 0.3 is 0 Å². The van der Waals surface area contributed by atoms with E-state index in [0.717, 1.165) is 24.2 Å². The summed E-state index contributed by atoms with van der Waals surface area (Å²) in [5, 5.41) is 10.7. The van der Waals surface area contributed by atoms with Crippen LogP contribution in [0.4, 0.5) is 11.8 Å². The predicted octanol–water partition coefficient (Wildman–Crippen LogP) is 3.83. The molecule has 0 saturated carbocycles. The van der Waals surface area contributed by atoms with Crippen molar-refractivity contribution >= 4 is 11.8 Å². The number of fused-ring (bicyclic) bond motifs is 1. The first-order valence-corrected chi connectivity index (χ1v) is 7.89. The Balaban J connectivity index is 0.00000169. The first-order valence-electron chi connectivity index (χ1n) is 7.89. The van der Waals surface area contributed by atoms with Crippen molar-refractivity contribution in [2.75, 3.05) is 5.32 Å². The number of anilines is 2. The molecule has 3 aromatic rings. The Labute approximate surface area is 141 Å². The molecular weight excluding hydrogens is 300 g/mol. The highest BCUT2D eigenvalue weighted by molar-refractivity contribution is 5.59. The number of aryl methyl sites for hydroxylation is 2. The highest BCUT2D eigenvalue weighted by Gasteiger charge is 2.17. The number of hydrogen-bond acceptors (Lipinski definition) is 5. The van der Waals surface area contributed by atoms with Crippen LogP contribution in [-0.4, -0.2) is 25.1 Å². The number of rotatable bonds is 3. The van der Waals surface area contributed by atoms with Gasteiger partial charge in [-0.15, -0.1) is 0 Å². The number of aromatic nitrogens is 5. The molecule has 0 saturated heterocycles. The van der Waals surface area contributed by atoms with Gasteiger partial charge in [-0.3, -0.25) is 5.10 Å². The molecule has 0 spiro atoms. The number of hydrogen-bond donors (Lipinski definition) is 2. The van der Waals surface area contributed by atoms with E-state index in [0.29, 0.717) is 11.8 Å². The maximum Gasteiger partial charge on any atom is 0.231 e. The predicted molar refractivity (Wildman–Crippen MR) is 95.2 cm³/mol. The summed E-state index contributed by atoms with van der Waals surface area (Å²) >= 11 is 0. The van der Waals surface area contributed by atoms with E-state index in [2.05, 4.69) is 49.5 Å². The topological polar surface area (TPSA) is 79.4 Å². The summed E-state index contributed by atoms with van der Waals surface area (Å²) in [7, 11) is 0. The molecule has 6 heteroatoms. The van der Waals surface area contributed by atoms with Crippen molar-refractivity contribution in [1.29, 1.82) is 0 Å². The Bertz CT molecular complexity index is 822. The second-order valence-corrected chi connectivity index (χ2v) is 5.86. The quantitative estimate of drug-likeness (QED) is 0.766. The first-order chi connectivity index (χ1) is 11.3. The lowest BCUT2D eigenvalue weighted by molar-refractivity contribution is 0.675. The smallest absolute Gasteiger partial charge is 0.231 e. The zero-order chi connectivity index (χ0) is 15.6. The van der Waals surface area contributed by atoms with Crippen LogP contribution in [0.15, 0.2) is 30.6 Å². The van der Waals surface area contributed by atoms with E-state index >= 15 is 0 Å². The Morgan fingerprint density at radius 2 is 1.83 bits per heavy atom. The van der Waals surface area contributed by atoms with Gasteiger partial charge in [-0.1, -0.05) is 37.3 Å². The van der Waals surface area contributed by atoms with E-state index in [9.17, 15) is 0 Å². The fraction of sp³-hybridized carbons (Fsp3) is 0.333. The zero-order valence-electron chi connectivity index (χ0n) is 13.0. The number of H-pyrrole nitrogens is 1. The number of nitrogens with one attached hydrogen (secondary N) is 2. The van der Waals surface area contributed by atoms with Crippen LogP contribution in [0.2, 0.25) is 0 Å². The third kappa shape index (κ3) is 3.13. The Kier molecular flexibility index (Phi) is 4.55. The molecule has 0 amide bonds. The molecule has 1 aliphatic rings. The zero-order valence-corrected chi connectivity index (χ0v) is 13.0. The van der Waals surface area contributed by atoms with Gasteiger partial charge in [0.1, 0.15) is 6.33 Å². The molecule has 0 aliphatic heterocycles. The average Bonchev–Trinajstić information content (AvgIpc) is 2.99. The Morgan fingerprint density at radius 1 is 1.04 bits per heavy atom. The molecule has 1 aromatic carbocycles. The van der Waals surface area contributed by atoms with Crippen molar-refractivity contribution in [2.24, 2.45) is 0 Å². The van der Waals surface area contributed by atoms with Gasteiger partial charge in [-0.25, -0.2) is 9.97 Å². The van der Waals surface area contributed by atoms with E-state index in [-0.39, 0.29) is 7.43 Å². The van der Waals surface area contributed by atoms with Crippen molar-refractivity contribution in [1.82, 2.24) is 25.1 Å². The summed E-state index contributed by atoms with van der Waals surface area (Å²) in [5.74, 6) is 2.02. The van der Waals surface area contributed by atoms with E-state index in [4.69, 9.17) is 0 Å². The molecule has 2 aromatic heterocycles. The van der Waals surface area contributed by atoms with E-state index in [1.165, 1.54) is 36.0 Å². The van der Waals surface area contributed by atoms with E-state index in [1.54, 1.807) is 0 Å². The molecule has 0 unspecified atom stereocenters. The van der Waals surface area contributed by atoms with Crippen molar-refractivity contribution in [3.63, 3.8) is 0 Å². The monoisotopic (exact) mass is 322 g/mol. The third-order valence-electron chi connectivity index (χ3n) is 4.17. The van der Waals surface area contributed by atoms with Crippen LogP contribution in [0, 0.1) is 6.92 Å². The van der Waals surface area contributed by atoms with Gasteiger partial charge in [0.2, 0.25) is 5.95 Å². The molecule has 0 fully saturated rings. The van der Waals surface area contributed by atoms with Crippen LogP contribution < -0.4 is 5.32 Å². The standard InChI is InChI=1S/C17H18N6.CH4/c1-11-6-8-12(9-7-11)15-18-10-19-17(20-15)21-16-13-4-2-3-5-14(13)22-23-16;/h6-10H,2-5H2,1H3,(H2,18,19,20,21,22,23);1H4. The van der Waals surface area contributed by atoms with Gasteiger partial charge < -0.3 is 5.32 Å². The molecule has 124 valence electrons. The fourth-order valence-corrected chi connectivity index (χ4v) is 2.89. The molecule has 6 nitrogen and oxygen atoms in total. The van der Waals surface area contributed by atoms with Gasteiger partial charge in [-0.05, 0) is 32.6 Å². The van der Waals surface area contributed by atoms with Gasteiger partial charge in [0, 0.05) is 16.8 Å². The highest BCUT2D eigenvalue weighted by atomic mass is 15.2. The third-order valence-corrected chi connectivity index (χ3v) is 4.17. The molecule has 1 aliphatic carbocycles. The fourth-order valence-electron chi connectivity index (χ4n) is 2.89. The molecule has 0 radical (unpaired) electrons. The molecule has 0 atom stereocenters. The SMILES string of the molecule is C.Cc1ccc(-c2ncnc(Nc3n[nH]c4c3CCCC4)n2)cc1. The average molecular weight is 322 g/mol. The molecule has 24 heavy (non-hydrogen) atoms. The lowest BCUT2D eigenvalue weighted by atomic mass is 9.98. The lowest BCUT2D eigenvalue weighted by Crippen LogP contribution is -2.05. The van der Waals surface area contributed by atoms with Crippen LogP contribution in [-0.2, 0) is 12.8 Å². The summed E-state index contributed by atoms with van der Waals surface area (Å²) in [5.41, 5.74) is 4.68. The Hall–Kier alpha value is -2.76. The van der Waals surface area contributed by atoms with Gasteiger partial charge in [0.15, 0.2) is 11.6 Å². The molecule has 2 heterocycles. The first kappa shape index (κ1) is 16.1. The number of aromatic amines is 1. The minimum Gasteiger partial charge on any atom is -0.307 e. The minimum absolute atomic E-state index is 0. The second kappa shape index (κ2) is 6.78. The van der Waals surface area contributed by atoms with Crippen LogP contribution in [0.25, 0.3) is 11.4 Å². The summed E-state index contributed by atoms with van der Waals surface area (Å²) < 4.78 is 0. The molecule has 2 N–H and O–H groups in total. The van der Waals surface area contributed by atoms with Crippen LogP contribution in [0.3, 0.4) is 0 Å². The van der Waals surface area contributed by atoms with Gasteiger partial charge in [-0.2, -0.15) is 10.1 Å². The van der Waals surface area contributed by atoms with Crippen LogP contribution in [0.5, 0.6) is 0 Å². The summed E-state index contributed by atoms with van der Waals surface area (Å²) in [6.07, 6.45) is 6.06. The largest absolute Gasteiger partial charge is 0.307 e. The summed E-state index contributed by atoms with van der Waals surface area (Å²) in [6, 6.07) is 8.14. The molecule has 4 rings (SSSR count). The second-order valence-electron chi connectivity index (χ2n) is 5.86. The lowest BCUT2D eigenvalue weighted by Gasteiger charge is -2.11. The van der Waals surface area contributed by atoms with Gasteiger partial charge in [0.05, 0.1) is 0 Å². The highest BCUT2D eigenvalue weighted by Crippen LogP contribution is 2.27. The van der Waals surface area contributed by atoms with Crippen LogP contribution >= 0.6 is 0 Å². The Morgan fingerprint density at radius 3 is 2.67 bits per heavy atom. The van der Waals surface area contributed by atoms with E-state index in [1.807, 2.05) is 12.1 Å². The minimum atomic E-state index is 0. The van der Waals surface area contributed by atoms with Crippen molar-refractivity contribution in [3.8, 4) is 11.4 Å². The summed E-state index contributed by atoms with van der Waals surface area (Å²) in [6.45, 7) is 2.06. The van der Waals surface area contributed by atoms with Crippen molar-refractivity contribution in [3.05, 3.63) is 47.4 Å². The van der Waals surface area contributed by atoms with Gasteiger partial charge in [0.25, 0.3) is 0 Å². The van der Waals surface area contributed by atoms with Crippen molar-refractivity contribution in [2.45, 2.75) is 40.0 Å². The van der Waals surface area contributed by atoms with Crippen molar-refractivity contribution < 1.29 is 0 Å². The maximum absolute atomic E-state index is 4.51. The number of benzene rings is 1. The molecule has 0 bridgehead atoms.